The first-order valence-corrected chi connectivity index (χ1v) is 26.1. The molecule has 0 saturated heterocycles. The summed E-state index contributed by atoms with van der Waals surface area (Å²) in [5.41, 5.74) is 0. The molecule has 0 unspecified atom stereocenters. The fraction of sp³-hybridized carbons (Fsp3) is 0.667. The van der Waals surface area contributed by atoms with Crippen LogP contribution in [0.1, 0.15) is 65.2 Å². The van der Waals surface area contributed by atoms with Crippen molar-refractivity contribution in [1.82, 2.24) is 0 Å². The van der Waals surface area contributed by atoms with E-state index in [4.69, 9.17) is 14.2 Å². The molecule has 5 aliphatic heterocycles. The van der Waals surface area contributed by atoms with Gasteiger partial charge >= 0.3 is 0 Å². The molecular formula is C30H42O3S12. The van der Waals surface area contributed by atoms with E-state index in [9.17, 15) is 0 Å². The zero-order chi connectivity index (χ0) is 31.1. The van der Waals surface area contributed by atoms with Gasteiger partial charge in [0.05, 0.1) is 82.0 Å². The second-order valence-corrected chi connectivity index (χ2v) is 25.2. The van der Waals surface area contributed by atoms with E-state index in [1.807, 2.05) is 94.1 Å². The molecule has 5 aliphatic rings. The molecule has 0 saturated carbocycles. The summed E-state index contributed by atoms with van der Waals surface area (Å²) in [5, 5.41) is 0. The van der Waals surface area contributed by atoms with E-state index in [0.29, 0.717) is 26.4 Å². The maximum Gasteiger partial charge on any atom is 0.0718 e. The Labute approximate surface area is 322 Å². The van der Waals surface area contributed by atoms with Gasteiger partial charge in [-0.15, -0.1) is 47.0 Å². The van der Waals surface area contributed by atoms with Crippen LogP contribution in [0.2, 0.25) is 0 Å². The lowest BCUT2D eigenvalue weighted by atomic mass is 10.2. The third-order valence-corrected chi connectivity index (χ3v) is 24.3. The number of ether oxygens (including phenoxy) is 3. The Morgan fingerprint density at radius 2 is 0.778 bits per heavy atom. The molecule has 252 valence electrons. The van der Waals surface area contributed by atoms with Gasteiger partial charge in [0.25, 0.3) is 0 Å². The van der Waals surface area contributed by atoms with Crippen LogP contribution in [0.25, 0.3) is 0 Å². The van der Waals surface area contributed by atoms with Crippen molar-refractivity contribution in [3.63, 3.8) is 0 Å². The Bertz CT molecular complexity index is 1070. The van der Waals surface area contributed by atoms with Gasteiger partial charge in [0, 0.05) is 11.5 Å². The molecule has 0 aromatic heterocycles. The molecule has 0 aromatic rings. The van der Waals surface area contributed by atoms with Gasteiger partial charge in [-0.05, 0) is 24.3 Å². The molecule has 0 aromatic carbocycles. The first-order chi connectivity index (χ1) is 22.2. The van der Waals surface area contributed by atoms with E-state index in [-0.39, 0.29) is 0 Å². The minimum Gasteiger partial charge on any atom is -0.378 e. The third kappa shape index (κ3) is 13.1. The van der Waals surface area contributed by atoms with Crippen molar-refractivity contribution in [2.45, 2.75) is 65.2 Å². The van der Waals surface area contributed by atoms with Gasteiger partial charge in [-0.3, -0.25) is 0 Å². The Balaban J connectivity index is 1.15. The van der Waals surface area contributed by atoms with Crippen LogP contribution in [0, 0.1) is 0 Å². The van der Waals surface area contributed by atoms with Gasteiger partial charge in [-0.25, -0.2) is 0 Å². The van der Waals surface area contributed by atoms with E-state index in [1.165, 1.54) is 96.8 Å². The van der Waals surface area contributed by atoms with Crippen LogP contribution in [0.3, 0.4) is 0 Å². The summed E-state index contributed by atoms with van der Waals surface area (Å²) >= 11 is 24.2. The van der Waals surface area contributed by atoms with Crippen LogP contribution in [0.4, 0.5) is 0 Å². The van der Waals surface area contributed by atoms with Gasteiger partial charge in [0.15, 0.2) is 0 Å². The molecular weight excluding hydrogens is 793 g/mol. The van der Waals surface area contributed by atoms with Gasteiger partial charge in [0.1, 0.15) is 0 Å². The van der Waals surface area contributed by atoms with Crippen molar-refractivity contribution in [2.24, 2.45) is 0 Å². The molecule has 0 radical (unpaired) electrons. The van der Waals surface area contributed by atoms with E-state index in [0.717, 1.165) is 24.7 Å². The van der Waals surface area contributed by atoms with Crippen molar-refractivity contribution < 1.29 is 14.2 Å². The van der Waals surface area contributed by atoms with Crippen LogP contribution < -0.4 is 0 Å². The standard InChI is InChI=1S/C30H42O3S12/c1-3-5-7-9-17-34-21-22(35-18-10-8-6-4-2)39-25(38-21)27-42-29-30(43-27)45-28(44-29)26-40-23-24(41-26)37-20-16-33-14-12-31-11-13-32-15-19-36-23/h3-20H2,1-2H3. The third-order valence-electron chi connectivity index (χ3n) is 6.44. The summed E-state index contributed by atoms with van der Waals surface area (Å²) in [5.74, 6) is 4.46. The van der Waals surface area contributed by atoms with Crippen LogP contribution >= 0.6 is 141 Å². The zero-order valence-corrected chi connectivity index (χ0v) is 35.6. The molecule has 3 nitrogen and oxygen atoms in total. The smallest absolute Gasteiger partial charge is 0.0718 e. The van der Waals surface area contributed by atoms with E-state index in [1.54, 1.807) is 8.47 Å². The number of thioether (sulfide) groups is 12. The van der Waals surface area contributed by atoms with Crippen molar-refractivity contribution >= 4 is 141 Å². The highest BCUT2D eigenvalue weighted by Crippen LogP contribution is 2.73. The van der Waals surface area contributed by atoms with Crippen molar-refractivity contribution in [3.05, 3.63) is 42.4 Å². The van der Waals surface area contributed by atoms with Crippen LogP contribution in [-0.2, 0) is 14.2 Å². The summed E-state index contributed by atoms with van der Waals surface area (Å²) in [6.45, 7) is 8.72. The lowest BCUT2D eigenvalue weighted by Gasteiger charge is -2.08. The highest BCUT2D eigenvalue weighted by Gasteiger charge is 2.37. The van der Waals surface area contributed by atoms with Crippen molar-refractivity contribution in [1.29, 1.82) is 0 Å². The molecule has 0 spiro atoms. The molecule has 15 heteroatoms. The van der Waals surface area contributed by atoms with Crippen LogP contribution in [-0.4, -0.2) is 62.7 Å². The van der Waals surface area contributed by atoms with Crippen LogP contribution in [0.5, 0.6) is 0 Å². The van der Waals surface area contributed by atoms with Crippen LogP contribution in [0.15, 0.2) is 42.4 Å². The predicted octanol–water partition coefficient (Wildman–Crippen LogP) is 13.7. The summed E-state index contributed by atoms with van der Waals surface area (Å²) in [6.07, 6.45) is 10.7. The van der Waals surface area contributed by atoms with Crippen molar-refractivity contribution in [3.8, 4) is 0 Å². The summed E-state index contributed by atoms with van der Waals surface area (Å²) in [4.78, 5) is 0. The Hall–Kier alpha value is 2.78. The van der Waals surface area contributed by atoms with Gasteiger partial charge < -0.3 is 14.2 Å². The highest BCUT2D eigenvalue weighted by molar-refractivity contribution is 8.51. The SMILES string of the molecule is CCCCCCSC1=C(SCCCCCC)SC(=C2SC3=C(S2)SC(=C2SC4=C(SCCOCCOCCOCCS4)S2)S3)S1. The molecule has 5 rings (SSSR count). The summed E-state index contributed by atoms with van der Waals surface area (Å²) in [6, 6.07) is 0. The monoisotopic (exact) mass is 834 g/mol. The minimum atomic E-state index is 0.643. The molecule has 0 aliphatic carbocycles. The lowest BCUT2D eigenvalue weighted by Crippen LogP contribution is -2.11. The van der Waals surface area contributed by atoms with E-state index < -0.39 is 0 Å². The second kappa shape index (κ2) is 22.7. The summed E-state index contributed by atoms with van der Waals surface area (Å²) in [7, 11) is 0. The molecule has 0 N–H and O–H groups in total. The Kier molecular flexibility index (Phi) is 19.6. The normalized spacial score (nSPS) is 22.5. The Morgan fingerprint density at radius 1 is 0.422 bits per heavy atom. The number of hydrogen-bond donors (Lipinski definition) is 0. The molecule has 0 bridgehead atoms. The number of rotatable bonds is 12. The maximum atomic E-state index is 5.79. The Morgan fingerprint density at radius 3 is 1.18 bits per heavy atom. The molecule has 45 heavy (non-hydrogen) atoms. The topological polar surface area (TPSA) is 27.7 Å². The van der Waals surface area contributed by atoms with E-state index >= 15 is 0 Å². The quantitative estimate of drug-likeness (QED) is 0.175. The zero-order valence-electron chi connectivity index (χ0n) is 25.9. The minimum absolute atomic E-state index is 0.643. The maximum absolute atomic E-state index is 5.79. The number of hydrogen-bond acceptors (Lipinski definition) is 15. The molecule has 0 amide bonds. The average molecular weight is 835 g/mol. The molecule has 0 atom stereocenters. The van der Waals surface area contributed by atoms with Gasteiger partial charge in [-0.1, -0.05) is 146 Å². The highest BCUT2D eigenvalue weighted by atomic mass is 32.3. The fourth-order valence-corrected chi connectivity index (χ4v) is 22.8. The fourth-order valence-electron chi connectivity index (χ4n) is 4.13. The predicted molar refractivity (Wildman–Crippen MR) is 226 cm³/mol. The largest absolute Gasteiger partial charge is 0.378 e. The summed E-state index contributed by atoms with van der Waals surface area (Å²) < 4.78 is 32.0. The second-order valence-electron chi connectivity index (χ2n) is 10.0. The first-order valence-electron chi connectivity index (χ1n) is 15.6. The number of unbranched alkanes of at least 4 members (excludes halogenated alkanes) is 6. The van der Waals surface area contributed by atoms with Gasteiger partial charge in [-0.2, -0.15) is 0 Å². The molecule has 0 fully saturated rings. The van der Waals surface area contributed by atoms with E-state index in [2.05, 4.69) is 60.9 Å². The lowest BCUT2D eigenvalue weighted by molar-refractivity contribution is 0.0205. The average Bonchev–Trinajstić information content (AvgIpc) is 3.82. The van der Waals surface area contributed by atoms with Gasteiger partial charge in [0.2, 0.25) is 0 Å². The van der Waals surface area contributed by atoms with Crippen molar-refractivity contribution in [2.75, 3.05) is 62.7 Å². The molecule has 5 heterocycles. The first kappa shape index (κ1) is 39.0.